The van der Waals surface area contributed by atoms with Gasteiger partial charge in [0.15, 0.2) is 10.3 Å². The minimum atomic E-state index is -4.36. The Bertz CT molecular complexity index is 1010. The lowest BCUT2D eigenvalue weighted by molar-refractivity contribution is -0.137. The van der Waals surface area contributed by atoms with Gasteiger partial charge in [0.2, 0.25) is 0 Å². The molecule has 0 bridgehead atoms. The Balaban J connectivity index is 1.64. The molecule has 1 aromatic heterocycles. The molecule has 0 aliphatic carbocycles. The summed E-state index contributed by atoms with van der Waals surface area (Å²) in [5, 5.41) is 1.30. The van der Waals surface area contributed by atoms with Crippen LogP contribution in [0.5, 0.6) is 0 Å². The van der Waals surface area contributed by atoms with Crippen LogP contribution in [0, 0.1) is 0 Å². The first-order valence-corrected chi connectivity index (χ1v) is 10.3. The Labute approximate surface area is 172 Å². The van der Waals surface area contributed by atoms with E-state index in [9.17, 15) is 18.0 Å². The standard InChI is InChI=1S/C18H13ClF3N3OS2/c19-14-3-1-2-12(8-14)10-28-17-24-15(26)23-16(25-17)27-9-11-4-6-13(7-5-11)18(20,21)22/h1-8H,9-10H2,(H,23,24,25,26). The van der Waals surface area contributed by atoms with Gasteiger partial charge in [-0.25, -0.2) is 4.79 Å². The molecule has 0 radical (unpaired) electrons. The molecular weight excluding hydrogens is 431 g/mol. The van der Waals surface area contributed by atoms with Crippen LogP contribution in [0.25, 0.3) is 0 Å². The number of rotatable bonds is 6. The van der Waals surface area contributed by atoms with Crippen LogP contribution in [0.15, 0.2) is 63.6 Å². The van der Waals surface area contributed by atoms with Gasteiger partial charge >= 0.3 is 11.9 Å². The van der Waals surface area contributed by atoms with Gasteiger partial charge in [-0.2, -0.15) is 23.1 Å². The fraction of sp³-hybridized carbons (Fsp3) is 0.167. The third-order valence-electron chi connectivity index (χ3n) is 3.52. The van der Waals surface area contributed by atoms with E-state index >= 15 is 0 Å². The Kier molecular flexibility index (Phi) is 6.69. The summed E-state index contributed by atoms with van der Waals surface area (Å²) in [6.07, 6.45) is -4.36. The maximum absolute atomic E-state index is 12.6. The molecule has 1 N–H and O–H groups in total. The van der Waals surface area contributed by atoms with Crippen molar-refractivity contribution < 1.29 is 13.2 Å². The molecule has 0 spiro atoms. The van der Waals surface area contributed by atoms with Crippen LogP contribution < -0.4 is 5.69 Å². The maximum Gasteiger partial charge on any atom is 0.416 e. The number of halogens is 4. The van der Waals surface area contributed by atoms with E-state index in [1.165, 1.54) is 35.7 Å². The molecule has 10 heteroatoms. The zero-order valence-electron chi connectivity index (χ0n) is 14.2. The quantitative estimate of drug-likeness (QED) is 0.515. The van der Waals surface area contributed by atoms with Crippen molar-refractivity contribution in [1.82, 2.24) is 15.0 Å². The van der Waals surface area contributed by atoms with E-state index in [0.717, 1.165) is 17.7 Å². The molecule has 146 valence electrons. The van der Waals surface area contributed by atoms with Crippen LogP contribution in [0.1, 0.15) is 16.7 Å². The molecule has 3 aromatic rings. The van der Waals surface area contributed by atoms with E-state index < -0.39 is 17.4 Å². The molecule has 0 aliphatic heterocycles. The predicted molar refractivity (Wildman–Crippen MR) is 105 cm³/mol. The zero-order valence-corrected chi connectivity index (χ0v) is 16.6. The minimum Gasteiger partial charge on any atom is -0.285 e. The zero-order chi connectivity index (χ0) is 20.1. The molecule has 0 saturated heterocycles. The van der Waals surface area contributed by atoms with Gasteiger partial charge in [0.25, 0.3) is 0 Å². The summed E-state index contributed by atoms with van der Waals surface area (Å²) in [6, 6.07) is 12.2. The molecule has 2 aromatic carbocycles. The van der Waals surface area contributed by atoms with E-state index in [0.29, 0.717) is 32.4 Å². The van der Waals surface area contributed by atoms with Crippen LogP contribution in [0.4, 0.5) is 13.2 Å². The Hall–Kier alpha value is -1.97. The van der Waals surface area contributed by atoms with Gasteiger partial charge in [-0.15, -0.1) is 0 Å². The van der Waals surface area contributed by atoms with Crippen LogP contribution >= 0.6 is 35.1 Å². The van der Waals surface area contributed by atoms with Gasteiger partial charge in [0.1, 0.15) is 0 Å². The number of thioether (sulfide) groups is 2. The van der Waals surface area contributed by atoms with Crippen LogP contribution in [-0.2, 0) is 17.7 Å². The Morgan fingerprint density at radius 3 is 2.36 bits per heavy atom. The molecule has 0 atom stereocenters. The lowest BCUT2D eigenvalue weighted by Gasteiger charge is -2.07. The number of benzene rings is 2. The van der Waals surface area contributed by atoms with Crippen molar-refractivity contribution in [3.63, 3.8) is 0 Å². The van der Waals surface area contributed by atoms with Crippen molar-refractivity contribution in [3.8, 4) is 0 Å². The van der Waals surface area contributed by atoms with E-state index in [2.05, 4.69) is 15.0 Å². The summed E-state index contributed by atoms with van der Waals surface area (Å²) in [5.74, 6) is 0.913. The number of H-pyrrole nitrogens is 1. The SMILES string of the molecule is O=c1nc(SCc2cccc(Cl)c2)nc(SCc2ccc(C(F)(F)F)cc2)[nH]1. The fourth-order valence-corrected chi connectivity index (χ4v) is 4.05. The van der Waals surface area contributed by atoms with Crippen molar-refractivity contribution in [2.75, 3.05) is 0 Å². The molecule has 1 heterocycles. The lowest BCUT2D eigenvalue weighted by Crippen LogP contribution is -2.13. The molecule has 0 aliphatic rings. The maximum atomic E-state index is 12.6. The summed E-state index contributed by atoms with van der Waals surface area (Å²) in [4.78, 5) is 22.4. The van der Waals surface area contributed by atoms with Crippen LogP contribution in [-0.4, -0.2) is 15.0 Å². The fourth-order valence-electron chi connectivity index (χ4n) is 2.20. The van der Waals surface area contributed by atoms with E-state index in [1.54, 1.807) is 6.07 Å². The Morgan fingerprint density at radius 2 is 1.68 bits per heavy atom. The number of nitrogens with one attached hydrogen (secondary N) is 1. The summed E-state index contributed by atoms with van der Waals surface area (Å²) in [5.41, 5.74) is 0.431. The van der Waals surface area contributed by atoms with E-state index in [4.69, 9.17) is 11.6 Å². The van der Waals surface area contributed by atoms with E-state index in [1.807, 2.05) is 18.2 Å². The van der Waals surface area contributed by atoms with Crippen molar-refractivity contribution in [2.24, 2.45) is 0 Å². The first kappa shape index (κ1) is 20.8. The van der Waals surface area contributed by atoms with E-state index in [-0.39, 0.29) is 0 Å². The second-order valence-electron chi connectivity index (χ2n) is 5.64. The first-order valence-electron chi connectivity index (χ1n) is 7.94. The van der Waals surface area contributed by atoms with Gasteiger partial charge in [0, 0.05) is 16.5 Å². The lowest BCUT2D eigenvalue weighted by atomic mass is 10.1. The highest BCUT2D eigenvalue weighted by Crippen LogP contribution is 2.30. The average molecular weight is 444 g/mol. The molecule has 0 unspecified atom stereocenters. The molecule has 0 amide bonds. The molecule has 28 heavy (non-hydrogen) atoms. The molecule has 3 rings (SSSR count). The number of hydrogen-bond donors (Lipinski definition) is 1. The topological polar surface area (TPSA) is 58.6 Å². The number of alkyl halides is 3. The molecule has 0 saturated carbocycles. The number of hydrogen-bond acceptors (Lipinski definition) is 5. The number of nitrogens with zero attached hydrogens (tertiary/aromatic N) is 2. The van der Waals surface area contributed by atoms with Crippen molar-refractivity contribution in [3.05, 3.63) is 80.7 Å². The van der Waals surface area contributed by atoms with Gasteiger partial charge in [0.05, 0.1) is 5.56 Å². The Morgan fingerprint density at radius 1 is 0.964 bits per heavy atom. The first-order chi connectivity index (χ1) is 13.3. The minimum absolute atomic E-state index is 0.318. The summed E-state index contributed by atoms with van der Waals surface area (Å²) >= 11 is 8.46. The second kappa shape index (κ2) is 9.02. The smallest absolute Gasteiger partial charge is 0.285 e. The van der Waals surface area contributed by atoms with Gasteiger partial charge in [-0.3, -0.25) is 4.98 Å². The average Bonchev–Trinajstić information content (AvgIpc) is 2.64. The highest BCUT2D eigenvalue weighted by Gasteiger charge is 2.29. The van der Waals surface area contributed by atoms with Gasteiger partial charge < -0.3 is 0 Å². The second-order valence-corrected chi connectivity index (χ2v) is 7.99. The largest absolute Gasteiger partial charge is 0.416 e. The molecule has 4 nitrogen and oxygen atoms in total. The van der Waals surface area contributed by atoms with Gasteiger partial charge in [-0.1, -0.05) is 59.4 Å². The normalized spacial score (nSPS) is 11.6. The van der Waals surface area contributed by atoms with Crippen molar-refractivity contribution >= 4 is 35.1 Å². The highest BCUT2D eigenvalue weighted by atomic mass is 35.5. The van der Waals surface area contributed by atoms with Gasteiger partial charge in [-0.05, 0) is 35.4 Å². The van der Waals surface area contributed by atoms with Crippen LogP contribution in [0.2, 0.25) is 5.02 Å². The number of aromatic amines is 1. The van der Waals surface area contributed by atoms with Crippen LogP contribution in [0.3, 0.4) is 0 Å². The van der Waals surface area contributed by atoms with Crippen molar-refractivity contribution in [1.29, 1.82) is 0 Å². The molecule has 0 fully saturated rings. The summed E-state index contributed by atoms with van der Waals surface area (Å²) < 4.78 is 37.8. The summed E-state index contributed by atoms with van der Waals surface area (Å²) in [7, 11) is 0. The monoisotopic (exact) mass is 443 g/mol. The molecular formula is C18H13ClF3N3OS2. The third-order valence-corrected chi connectivity index (χ3v) is 5.62. The number of aromatic nitrogens is 3. The predicted octanol–water partition coefficient (Wildman–Crippen LogP) is 5.42. The summed E-state index contributed by atoms with van der Waals surface area (Å²) in [6.45, 7) is 0. The van der Waals surface area contributed by atoms with Crippen molar-refractivity contribution in [2.45, 2.75) is 28.0 Å². The third kappa shape index (κ3) is 6.02. The highest BCUT2D eigenvalue weighted by molar-refractivity contribution is 7.99.